The molecule has 1 amide bonds. The van der Waals surface area contributed by atoms with Crippen LogP contribution in [0.25, 0.3) is 0 Å². The molecule has 3 rings (SSSR count). The van der Waals surface area contributed by atoms with Crippen molar-refractivity contribution in [3.05, 3.63) is 99.1 Å². The van der Waals surface area contributed by atoms with Crippen molar-refractivity contribution in [2.75, 3.05) is 10.8 Å². The summed E-state index contributed by atoms with van der Waals surface area (Å²) in [6.45, 7) is 5.07. The highest BCUT2D eigenvalue weighted by Crippen LogP contribution is 2.26. The molecule has 0 bridgehead atoms. The van der Waals surface area contributed by atoms with Gasteiger partial charge in [-0.2, -0.15) is 5.10 Å². The van der Waals surface area contributed by atoms with Crippen LogP contribution >= 0.6 is 0 Å². The average molecular weight is 481 g/mol. The predicted octanol–water partition coefficient (Wildman–Crippen LogP) is 3.87. The minimum absolute atomic E-state index is 0.0486. The molecular weight excluding hydrogens is 456 g/mol. The Hall–Kier alpha value is -4.05. The summed E-state index contributed by atoms with van der Waals surface area (Å²) in [6.07, 6.45) is 1.14. The normalized spacial score (nSPS) is 11.4. The van der Waals surface area contributed by atoms with Crippen LogP contribution in [-0.4, -0.2) is 32.0 Å². The molecule has 1 N–H and O–H groups in total. The van der Waals surface area contributed by atoms with Crippen LogP contribution in [0.5, 0.6) is 0 Å². The Kier molecular flexibility index (Phi) is 7.42. The Morgan fingerprint density at radius 1 is 1.03 bits per heavy atom. The van der Waals surface area contributed by atoms with E-state index in [1.807, 2.05) is 20.8 Å². The molecule has 0 aromatic heterocycles. The van der Waals surface area contributed by atoms with Crippen molar-refractivity contribution in [1.82, 2.24) is 5.43 Å². The van der Waals surface area contributed by atoms with Gasteiger partial charge in [0, 0.05) is 6.07 Å². The highest BCUT2D eigenvalue weighted by atomic mass is 32.2. The third kappa shape index (κ3) is 5.65. The zero-order valence-corrected chi connectivity index (χ0v) is 19.7. The molecule has 0 atom stereocenters. The van der Waals surface area contributed by atoms with Gasteiger partial charge in [0.25, 0.3) is 21.6 Å². The van der Waals surface area contributed by atoms with Gasteiger partial charge in [-0.05, 0) is 62.2 Å². The molecule has 0 aliphatic carbocycles. The van der Waals surface area contributed by atoms with Crippen molar-refractivity contribution in [2.24, 2.45) is 5.10 Å². The van der Waals surface area contributed by atoms with Gasteiger partial charge < -0.3 is 0 Å². The van der Waals surface area contributed by atoms with Crippen LogP contribution in [0.15, 0.2) is 76.7 Å². The summed E-state index contributed by atoms with van der Waals surface area (Å²) in [6, 6.07) is 17.4. The molecule has 3 aromatic carbocycles. The van der Waals surface area contributed by atoms with Gasteiger partial charge in [-0.1, -0.05) is 35.9 Å². The summed E-state index contributed by atoms with van der Waals surface area (Å²) in [4.78, 5) is 23.3. The summed E-state index contributed by atoms with van der Waals surface area (Å²) >= 11 is 0. The number of benzene rings is 3. The van der Waals surface area contributed by atoms with E-state index < -0.39 is 27.4 Å². The fraction of sp³-hybridized carbons (Fsp3) is 0.167. The van der Waals surface area contributed by atoms with Gasteiger partial charge in [-0.15, -0.1) is 0 Å². The van der Waals surface area contributed by atoms with E-state index in [1.54, 1.807) is 36.4 Å². The van der Waals surface area contributed by atoms with Crippen LogP contribution in [0.2, 0.25) is 0 Å². The molecule has 0 heterocycles. The van der Waals surface area contributed by atoms with E-state index >= 15 is 0 Å². The van der Waals surface area contributed by atoms with E-state index in [0.29, 0.717) is 5.69 Å². The fourth-order valence-corrected chi connectivity index (χ4v) is 4.55. The first kappa shape index (κ1) is 24.6. The van der Waals surface area contributed by atoms with E-state index in [9.17, 15) is 23.3 Å². The lowest BCUT2D eigenvalue weighted by Crippen LogP contribution is -2.39. The topological polar surface area (TPSA) is 122 Å². The highest BCUT2D eigenvalue weighted by Gasteiger charge is 2.27. The summed E-state index contributed by atoms with van der Waals surface area (Å²) in [5.41, 5.74) is 5.38. The van der Waals surface area contributed by atoms with Gasteiger partial charge in [0.1, 0.15) is 6.54 Å². The average Bonchev–Trinajstić information content (AvgIpc) is 2.80. The first-order chi connectivity index (χ1) is 16.1. The number of hydrogen-bond acceptors (Lipinski definition) is 6. The molecule has 0 saturated heterocycles. The Morgan fingerprint density at radius 3 is 2.35 bits per heavy atom. The largest absolute Gasteiger partial charge is 0.278 e. The maximum Gasteiger partial charge on any atom is 0.278 e. The van der Waals surface area contributed by atoms with Crippen LogP contribution in [0, 0.1) is 30.9 Å². The fourth-order valence-electron chi connectivity index (χ4n) is 3.14. The number of hydrogen-bond donors (Lipinski definition) is 1. The summed E-state index contributed by atoms with van der Waals surface area (Å²) < 4.78 is 27.9. The molecule has 0 aliphatic rings. The smallest absolute Gasteiger partial charge is 0.271 e. The second-order valence-electron chi connectivity index (χ2n) is 7.70. The molecular formula is C24H24N4O5S. The lowest BCUT2D eigenvalue weighted by Gasteiger charge is -2.24. The number of carbonyl (C=O) groups is 1. The number of sulfonamides is 1. The monoisotopic (exact) mass is 480 g/mol. The van der Waals surface area contributed by atoms with E-state index in [1.165, 1.54) is 30.3 Å². The van der Waals surface area contributed by atoms with Crippen molar-refractivity contribution in [1.29, 1.82) is 0 Å². The summed E-state index contributed by atoms with van der Waals surface area (Å²) in [5.74, 6) is -0.705. The van der Waals surface area contributed by atoms with Crippen LogP contribution in [0.3, 0.4) is 0 Å². The van der Waals surface area contributed by atoms with Crippen molar-refractivity contribution in [3.63, 3.8) is 0 Å². The molecule has 0 unspecified atom stereocenters. The number of hydrazone groups is 1. The minimum atomic E-state index is -4.06. The van der Waals surface area contributed by atoms with Crippen molar-refractivity contribution in [3.8, 4) is 0 Å². The SMILES string of the molecule is Cc1ccc(S(=O)(=O)N(CC(=O)N/N=C\c2ccccc2[N+](=O)[O-])c2ccc(C)c(C)c2)cc1. The van der Waals surface area contributed by atoms with Crippen LogP contribution in [-0.2, 0) is 14.8 Å². The van der Waals surface area contributed by atoms with Crippen LogP contribution in [0.4, 0.5) is 11.4 Å². The number of amides is 1. The number of para-hydroxylation sites is 1. The van der Waals surface area contributed by atoms with Gasteiger partial charge in [0.15, 0.2) is 0 Å². The Labute approximate surface area is 197 Å². The molecule has 0 aliphatic heterocycles. The standard InChI is InChI=1S/C24H24N4O5S/c1-17-8-12-22(13-9-17)34(32,33)27(21-11-10-18(2)19(3)14-21)16-24(29)26-25-15-20-6-4-5-7-23(20)28(30)31/h4-15H,16H2,1-3H3,(H,26,29)/b25-15-. The maximum atomic E-state index is 13.4. The number of anilines is 1. The summed E-state index contributed by atoms with van der Waals surface area (Å²) in [5, 5.41) is 14.9. The number of nitro benzene ring substituents is 1. The van der Waals surface area contributed by atoms with Gasteiger partial charge in [0.05, 0.1) is 27.3 Å². The van der Waals surface area contributed by atoms with Crippen LogP contribution in [0.1, 0.15) is 22.3 Å². The van der Waals surface area contributed by atoms with Crippen molar-refractivity contribution >= 4 is 33.5 Å². The molecule has 10 heteroatoms. The van der Waals surface area contributed by atoms with Crippen molar-refractivity contribution in [2.45, 2.75) is 25.7 Å². The first-order valence-electron chi connectivity index (χ1n) is 10.3. The highest BCUT2D eigenvalue weighted by molar-refractivity contribution is 7.92. The van der Waals surface area contributed by atoms with E-state index in [2.05, 4.69) is 10.5 Å². The molecule has 3 aromatic rings. The third-order valence-corrected chi connectivity index (χ3v) is 6.99. The second kappa shape index (κ2) is 10.3. The zero-order chi connectivity index (χ0) is 24.9. The lowest BCUT2D eigenvalue weighted by atomic mass is 10.1. The predicted molar refractivity (Wildman–Crippen MR) is 130 cm³/mol. The number of nitrogens with zero attached hydrogens (tertiary/aromatic N) is 3. The molecule has 0 radical (unpaired) electrons. The maximum absolute atomic E-state index is 13.4. The number of nitrogens with one attached hydrogen (secondary N) is 1. The molecule has 9 nitrogen and oxygen atoms in total. The molecule has 34 heavy (non-hydrogen) atoms. The summed E-state index contributed by atoms with van der Waals surface area (Å²) in [7, 11) is -4.06. The van der Waals surface area contributed by atoms with Gasteiger partial charge in [-0.3, -0.25) is 19.2 Å². The number of aryl methyl sites for hydroxylation is 3. The van der Waals surface area contributed by atoms with Gasteiger partial charge in [-0.25, -0.2) is 13.8 Å². The van der Waals surface area contributed by atoms with Crippen molar-refractivity contribution < 1.29 is 18.1 Å². The number of rotatable bonds is 8. The molecule has 0 spiro atoms. The van der Waals surface area contributed by atoms with E-state index in [0.717, 1.165) is 27.2 Å². The quantitative estimate of drug-likeness (QED) is 0.298. The third-order valence-electron chi connectivity index (χ3n) is 5.20. The first-order valence-corrected chi connectivity index (χ1v) is 11.8. The van der Waals surface area contributed by atoms with Gasteiger partial charge >= 0.3 is 0 Å². The number of carbonyl (C=O) groups excluding carboxylic acids is 1. The Bertz CT molecular complexity index is 1350. The molecule has 0 saturated carbocycles. The second-order valence-corrected chi connectivity index (χ2v) is 9.56. The zero-order valence-electron chi connectivity index (χ0n) is 18.9. The van der Waals surface area contributed by atoms with Gasteiger partial charge in [0.2, 0.25) is 0 Å². The molecule has 0 fully saturated rings. The Morgan fingerprint density at radius 2 is 1.71 bits per heavy atom. The van der Waals surface area contributed by atoms with Crippen LogP contribution < -0.4 is 9.73 Å². The Balaban J connectivity index is 1.88. The van der Waals surface area contributed by atoms with E-state index in [-0.39, 0.29) is 16.1 Å². The molecule has 176 valence electrons. The number of nitro groups is 1. The minimum Gasteiger partial charge on any atom is -0.271 e. The van der Waals surface area contributed by atoms with E-state index in [4.69, 9.17) is 0 Å². The lowest BCUT2D eigenvalue weighted by molar-refractivity contribution is -0.385.